The first-order chi connectivity index (χ1) is 10.5. The van der Waals surface area contributed by atoms with Crippen molar-refractivity contribution in [3.05, 3.63) is 54.5 Å². The van der Waals surface area contributed by atoms with Crippen molar-refractivity contribution in [1.82, 2.24) is 9.97 Å². The summed E-state index contributed by atoms with van der Waals surface area (Å²) in [6, 6.07) is 12.4. The third-order valence-corrected chi connectivity index (χ3v) is 4.13. The number of morpholine rings is 1. The summed E-state index contributed by atoms with van der Waals surface area (Å²) in [5.41, 5.74) is 1.30. The molecule has 1 saturated heterocycles. The lowest BCUT2D eigenvalue weighted by Gasteiger charge is -2.44. The summed E-state index contributed by atoms with van der Waals surface area (Å²) in [6.45, 7) is 8.34. The van der Waals surface area contributed by atoms with Crippen molar-refractivity contribution in [3.63, 3.8) is 0 Å². The Hall–Kier alpha value is -1.94. The Morgan fingerprint density at radius 1 is 1.09 bits per heavy atom. The van der Waals surface area contributed by atoms with E-state index in [4.69, 9.17) is 4.74 Å². The Kier molecular flexibility index (Phi) is 4.12. The lowest BCUT2D eigenvalue weighted by molar-refractivity contribution is -0.0792. The summed E-state index contributed by atoms with van der Waals surface area (Å²) in [5, 5.41) is 0. The molecule has 1 aliphatic rings. The van der Waals surface area contributed by atoms with Crippen LogP contribution >= 0.6 is 0 Å². The maximum atomic E-state index is 6.40. The van der Waals surface area contributed by atoms with Gasteiger partial charge in [0.05, 0.1) is 6.10 Å². The third kappa shape index (κ3) is 3.28. The zero-order valence-electron chi connectivity index (χ0n) is 13.4. The van der Waals surface area contributed by atoms with Gasteiger partial charge in [-0.15, -0.1) is 0 Å². The first kappa shape index (κ1) is 15.0. The van der Waals surface area contributed by atoms with Crippen LogP contribution < -0.4 is 4.90 Å². The number of anilines is 1. The number of aromatic nitrogens is 2. The van der Waals surface area contributed by atoms with E-state index in [1.807, 2.05) is 12.1 Å². The summed E-state index contributed by atoms with van der Waals surface area (Å²) < 4.78 is 6.40. The highest BCUT2D eigenvalue weighted by atomic mass is 16.5. The van der Waals surface area contributed by atoms with Gasteiger partial charge in [-0.05, 0) is 17.0 Å². The van der Waals surface area contributed by atoms with Gasteiger partial charge in [-0.2, -0.15) is 0 Å². The van der Waals surface area contributed by atoms with Crippen LogP contribution in [0.1, 0.15) is 32.4 Å². The van der Waals surface area contributed by atoms with Crippen LogP contribution in [0.25, 0.3) is 0 Å². The molecule has 2 aromatic rings. The van der Waals surface area contributed by atoms with E-state index >= 15 is 0 Å². The van der Waals surface area contributed by atoms with E-state index in [1.165, 1.54) is 5.56 Å². The molecule has 3 rings (SSSR count). The summed E-state index contributed by atoms with van der Waals surface area (Å²) in [5.74, 6) is 0.966. The molecule has 1 fully saturated rings. The second-order valence-corrected chi connectivity index (χ2v) is 6.86. The zero-order chi connectivity index (χ0) is 15.6. The standard InChI is InChI=1S/C18H23N3O/c1-18(2,3)16-12-21(17-9-10-19-13-20-17)11-15(22-16)14-7-5-4-6-8-14/h4-10,13,15-16H,11-12H2,1-3H3/t15-,16+/m0/s1. The number of hydrogen-bond donors (Lipinski definition) is 0. The van der Waals surface area contributed by atoms with Gasteiger partial charge in [-0.3, -0.25) is 0 Å². The fourth-order valence-corrected chi connectivity index (χ4v) is 2.75. The predicted molar refractivity (Wildman–Crippen MR) is 87.8 cm³/mol. The Morgan fingerprint density at radius 2 is 1.86 bits per heavy atom. The maximum Gasteiger partial charge on any atom is 0.132 e. The number of benzene rings is 1. The van der Waals surface area contributed by atoms with Crippen LogP contribution in [0.4, 0.5) is 5.82 Å². The highest BCUT2D eigenvalue weighted by Crippen LogP contribution is 2.34. The van der Waals surface area contributed by atoms with Crippen molar-refractivity contribution >= 4 is 5.82 Å². The molecule has 2 atom stereocenters. The van der Waals surface area contributed by atoms with E-state index in [0.29, 0.717) is 0 Å². The first-order valence-corrected chi connectivity index (χ1v) is 7.75. The predicted octanol–water partition coefficient (Wildman–Crippen LogP) is 3.47. The minimum Gasteiger partial charge on any atom is -0.366 e. The van der Waals surface area contributed by atoms with E-state index in [1.54, 1.807) is 12.5 Å². The average Bonchev–Trinajstić information content (AvgIpc) is 2.55. The van der Waals surface area contributed by atoms with Crippen LogP contribution in [0.3, 0.4) is 0 Å². The molecule has 1 aromatic heterocycles. The van der Waals surface area contributed by atoms with Gasteiger partial charge < -0.3 is 9.64 Å². The molecule has 0 amide bonds. The lowest BCUT2D eigenvalue weighted by atomic mass is 9.87. The van der Waals surface area contributed by atoms with Crippen molar-refractivity contribution in [2.45, 2.75) is 33.0 Å². The largest absolute Gasteiger partial charge is 0.366 e. The molecule has 0 radical (unpaired) electrons. The molecule has 116 valence electrons. The van der Waals surface area contributed by atoms with Gasteiger partial charge in [0.1, 0.15) is 18.2 Å². The van der Waals surface area contributed by atoms with E-state index in [0.717, 1.165) is 18.9 Å². The monoisotopic (exact) mass is 297 g/mol. The number of ether oxygens (including phenoxy) is 1. The van der Waals surface area contributed by atoms with Gasteiger partial charge >= 0.3 is 0 Å². The quantitative estimate of drug-likeness (QED) is 0.851. The van der Waals surface area contributed by atoms with Gasteiger partial charge in [-0.1, -0.05) is 51.1 Å². The molecule has 0 aliphatic carbocycles. The molecule has 1 aromatic carbocycles. The highest BCUT2D eigenvalue weighted by molar-refractivity contribution is 5.38. The highest BCUT2D eigenvalue weighted by Gasteiger charge is 2.36. The molecule has 22 heavy (non-hydrogen) atoms. The summed E-state index contributed by atoms with van der Waals surface area (Å²) >= 11 is 0. The molecular weight excluding hydrogens is 274 g/mol. The van der Waals surface area contributed by atoms with Crippen molar-refractivity contribution < 1.29 is 4.74 Å². The molecule has 1 aliphatic heterocycles. The number of hydrogen-bond acceptors (Lipinski definition) is 4. The summed E-state index contributed by atoms with van der Waals surface area (Å²) in [4.78, 5) is 10.7. The fraction of sp³-hybridized carbons (Fsp3) is 0.444. The van der Waals surface area contributed by atoms with E-state index in [2.05, 4.69) is 59.9 Å². The van der Waals surface area contributed by atoms with Crippen molar-refractivity contribution in [3.8, 4) is 0 Å². The second-order valence-electron chi connectivity index (χ2n) is 6.86. The average molecular weight is 297 g/mol. The molecule has 0 N–H and O–H groups in total. The molecule has 4 nitrogen and oxygen atoms in total. The van der Waals surface area contributed by atoms with Crippen LogP contribution in [0.15, 0.2) is 48.9 Å². The SMILES string of the molecule is CC(C)(C)[C@H]1CN(c2ccncn2)C[C@@H](c2ccccc2)O1. The van der Waals surface area contributed by atoms with Crippen molar-refractivity contribution in [2.24, 2.45) is 5.41 Å². The van der Waals surface area contributed by atoms with E-state index in [-0.39, 0.29) is 17.6 Å². The van der Waals surface area contributed by atoms with Gasteiger partial charge in [-0.25, -0.2) is 9.97 Å². The number of nitrogens with zero attached hydrogens (tertiary/aromatic N) is 3. The van der Waals surface area contributed by atoms with Crippen molar-refractivity contribution in [2.75, 3.05) is 18.0 Å². The Balaban J connectivity index is 1.89. The minimum absolute atomic E-state index is 0.0640. The van der Waals surface area contributed by atoms with Crippen LogP contribution in [-0.4, -0.2) is 29.2 Å². The Labute approximate surface area is 132 Å². The first-order valence-electron chi connectivity index (χ1n) is 7.75. The Morgan fingerprint density at radius 3 is 2.50 bits per heavy atom. The van der Waals surface area contributed by atoms with Gasteiger partial charge in [0.25, 0.3) is 0 Å². The second kappa shape index (κ2) is 6.05. The fourth-order valence-electron chi connectivity index (χ4n) is 2.75. The normalized spacial score (nSPS) is 22.6. The van der Waals surface area contributed by atoms with E-state index in [9.17, 15) is 0 Å². The molecular formula is C18H23N3O. The lowest BCUT2D eigenvalue weighted by Crippen LogP contribution is -2.49. The van der Waals surface area contributed by atoms with Crippen LogP contribution in [0, 0.1) is 5.41 Å². The summed E-state index contributed by atoms with van der Waals surface area (Å²) in [7, 11) is 0. The zero-order valence-corrected chi connectivity index (χ0v) is 13.4. The molecule has 4 heteroatoms. The van der Waals surface area contributed by atoms with E-state index < -0.39 is 0 Å². The van der Waals surface area contributed by atoms with Crippen LogP contribution in [0.2, 0.25) is 0 Å². The topological polar surface area (TPSA) is 38.2 Å². The molecule has 0 unspecified atom stereocenters. The molecule has 2 heterocycles. The number of rotatable bonds is 2. The van der Waals surface area contributed by atoms with Gasteiger partial charge in [0.15, 0.2) is 0 Å². The third-order valence-electron chi connectivity index (χ3n) is 4.13. The Bertz CT molecular complexity index is 547. The summed E-state index contributed by atoms with van der Waals surface area (Å²) in [6.07, 6.45) is 3.62. The van der Waals surface area contributed by atoms with Gasteiger partial charge in [0.2, 0.25) is 0 Å². The van der Waals surface area contributed by atoms with Crippen LogP contribution in [-0.2, 0) is 4.74 Å². The van der Waals surface area contributed by atoms with Gasteiger partial charge in [0, 0.05) is 19.3 Å². The minimum atomic E-state index is 0.0640. The molecule has 0 saturated carbocycles. The maximum absolute atomic E-state index is 6.40. The van der Waals surface area contributed by atoms with Crippen LogP contribution in [0.5, 0.6) is 0 Å². The smallest absolute Gasteiger partial charge is 0.132 e. The molecule has 0 bridgehead atoms. The van der Waals surface area contributed by atoms with Crippen molar-refractivity contribution in [1.29, 1.82) is 0 Å². The molecule has 0 spiro atoms.